The second-order valence-corrected chi connectivity index (χ2v) is 6.47. The van der Waals surface area contributed by atoms with E-state index in [0.717, 1.165) is 28.6 Å². The van der Waals surface area contributed by atoms with Crippen LogP contribution in [0.4, 0.5) is 23.1 Å². The van der Waals surface area contributed by atoms with Crippen molar-refractivity contribution in [2.45, 2.75) is 26.7 Å². The molecule has 0 radical (unpaired) electrons. The summed E-state index contributed by atoms with van der Waals surface area (Å²) in [7, 11) is 1.65. The van der Waals surface area contributed by atoms with Crippen LogP contribution in [-0.2, 0) is 0 Å². The van der Waals surface area contributed by atoms with E-state index in [-0.39, 0.29) is 0 Å². The summed E-state index contributed by atoms with van der Waals surface area (Å²) in [5.41, 5.74) is 4.11. The summed E-state index contributed by atoms with van der Waals surface area (Å²) in [6.45, 7) is 6.33. The summed E-state index contributed by atoms with van der Waals surface area (Å²) in [4.78, 5) is 9.02. The lowest BCUT2D eigenvalue weighted by Crippen LogP contribution is -2.02. The van der Waals surface area contributed by atoms with Crippen molar-refractivity contribution in [3.8, 4) is 5.75 Å². The number of methoxy groups -OCH3 is 1. The summed E-state index contributed by atoms with van der Waals surface area (Å²) in [5.74, 6) is 2.64. The normalized spacial score (nSPS) is 10.7. The van der Waals surface area contributed by atoms with Gasteiger partial charge in [-0.25, -0.2) is 4.98 Å². The van der Waals surface area contributed by atoms with Gasteiger partial charge >= 0.3 is 0 Å². The number of benzene rings is 2. The first kappa shape index (κ1) is 17.7. The van der Waals surface area contributed by atoms with E-state index < -0.39 is 0 Å². The Morgan fingerprint density at radius 2 is 1.46 bits per heavy atom. The minimum absolute atomic E-state index is 0.519. The first-order chi connectivity index (χ1) is 12.5. The van der Waals surface area contributed by atoms with E-state index in [9.17, 15) is 0 Å². The molecule has 0 amide bonds. The molecule has 0 atom stereocenters. The van der Waals surface area contributed by atoms with Crippen molar-refractivity contribution in [3.63, 3.8) is 0 Å². The Balaban J connectivity index is 1.76. The van der Waals surface area contributed by atoms with Gasteiger partial charge in [0.2, 0.25) is 5.95 Å². The summed E-state index contributed by atoms with van der Waals surface area (Å²) in [6.07, 6.45) is 0. The molecule has 0 unspecified atom stereocenters. The van der Waals surface area contributed by atoms with Gasteiger partial charge in [0, 0.05) is 23.1 Å². The molecule has 134 valence electrons. The summed E-state index contributed by atoms with van der Waals surface area (Å²) in [6, 6.07) is 18.0. The molecular weight excluding hydrogens is 324 g/mol. The monoisotopic (exact) mass is 348 g/mol. The Morgan fingerprint density at radius 3 is 2.08 bits per heavy atom. The fourth-order valence-electron chi connectivity index (χ4n) is 2.59. The molecule has 3 rings (SSSR count). The van der Waals surface area contributed by atoms with Gasteiger partial charge in [-0.05, 0) is 54.8 Å². The fourth-order valence-corrected chi connectivity index (χ4v) is 2.59. The van der Waals surface area contributed by atoms with Gasteiger partial charge in [0.05, 0.1) is 7.11 Å². The lowest BCUT2D eigenvalue weighted by molar-refractivity contribution is 0.415. The maximum Gasteiger partial charge on any atom is 0.229 e. The van der Waals surface area contributed by atoms with Crippen LogP contribution in [0.1, 0.15) is 31.0 Å². The zero-order valence-electron chi connectivity index (χ0n) is 15.6. The molecule has 2 N–H and O–H groups in total. The molecule has 26 heavy (non-hydrogen) atoms. The van der Waals surface area contributed by atoms with Crippen LogP contribution in [-0.4, -0.2) is 17.1 Å². The Bertz CT molecular complexity index is 858. The largest absolute Gasteiger partial charge is 0.497 e. The van der Waals surface area contributed by atoms with E-state index in [1.54, 1.807) is 7.11 Å². The Morgan fingerprint density at radius 1 is 0.846 bits per heavy atom. The van der Waals surface area contributed by atoms with E-state index in [0.29, 0.717) is 11.9 Å². The number of rotatable bonds is 6. The van der Waals surface area contributed by atoms with Gasteiger partial charge in [-0.2, -0.15) is 4.98 Å². The third-order valence-electron chi connectivity index (χ3n) is 4.05. The van der Waals surface area contributed by atoms with Gasteiger partial charge in [-0.3, -0.25) is 0 Å². The van der Waals surface area contributed by atoms with Crippen LogP contribution < -0.4 is 15.4 Å². The molecule has 1 aromatic heterocycles. The van der Waals surface area contributed by atoms with Crippen LogP contribution in [0.5, 0.6) is 5.75 Å². The molecule has 1 heterocycles. The fraction of sp³-hybridized carbons (Fsp3) is 0.238. The SMILES string of the molecule is COc1ccc(Nc2nc(C)cc(Nc3ccc(C(C)C)cc3)n2)cc1. The number of anilines is 4. The third-order valence-corrected chi connectivity index (χ3v) is 4.05. The van der Waals surface area contributed by atoms with Crippen LogP contribution in [0.25, 0.3) is 0 Å². The second kappa shape index (κ2) is 7.87. The maximum absolute atomic E-state index is 5.18. The van der Waals surface area contributed by atoms with E-state index >= 15 is 0 Å². The van der Waals surface area contributed by atoms with E-state index in [1.165, 1.54) is 5.56 Å². The lowest BCUT2D eigenvalue weighted by atomic mass is 10.0. The maximum atomic E-state index is 5.18. The predicted octanol–water partition coefficient (Wildman–Crippen LogP) is 5.40. The Kier molecular flexibility index (Phi) is 5.37. The molecule has 5 nitrogen and oxygen atoms in total. The van der Waals surface area contributed by atoms with Crippen molar-refractivity contribution in [1.29, 1.82) is 0 Å². The van der Waals surface area contributed by atoms with Crippen LogP contribution in [0.3, 0.4) is 0 Å². The molecule has 3 aromatic rings. The minimum Gasteiger partial charge on any atom is -0.497 e. The van der Waals surface area contributed by atoms with Crippen molar-refractivity contribution in [1.82, 2.24) is 9.97 Å². The molecule has 0 aliphatic rings. The van der Waals surface area contributed by atoms with Crippen molar-refractivity contribution in [3.05, 3.63) is 65.9 Å². The van der Waals surface area contributed by atoms with Gasteiger partial charge in [0.15, 0.2) is 0 Å². The number of hydrogen-bond acceptors (Lipinski definition) is 5. The highest BCUT2D eigenvalue weighted by Crippen LogP contribution is 2.22. The van der Waals surface area contributed by atoms with Crippen molar-refractivity contribution in [2.24, 2.45) is 0 Å². The lowest BCUT2D eigenvalue weighted by Gasteiger charge is -2.11. The number of aryl methyl sites for hydroxylation is 1. The van der Waals surface area contributed by atoms with Crippen LogP contribution in [0.2, 0.25) is 0 Å². The van der Waals surface area contributed by atoms with Crippen molar-refractivity contribution < 1.29 is 4.74 Å². The van der Waals surface area contributed by atoms with E-state index in [2.05, 4.69) is 58.7 Å². The first-order valence-electron chi connectivity index (χ1n) is 8.67. The van der Waals surface area contributed by atoms with Gasteiger partial charge in [0.1, 0.15) is 11.6 Å². The number of hydrogen-bond donors (Lipinski definition) is 2. The Labute approximate surface area is 154 Å². The predicted molar refractivity (Wildman–Crippen MR) is 107 cm³/mol. The van der Waals surface area contributed by atoms with Crippen LogP contribution in [0.15, 0.2) is 54.6 Å². The molecule has 0 aliphatic heterocycles. The van der Waals surface area contributed by atoms with Gasteiger partial charge < -0.3 is 15.4 Å². The number of aromatic nitrogens is 2. The van der Waals surface area contributed by atoms with Crippen molar-refractivity contribution in [2.75, 3.05) is 17.7 Å². The average molecular weight is 348 g/mol. The van der Waals surface area contributed by atoms with Crippen LogP contribution in [0, 0.1) is 6.92 Å². The second-order valence-electron chi connectivity index (χ2n) is 6.47. The average Bonchev–Trinajstić information content (AvgIpc) is 2.62. The van der Waals surface area contributed by atoms with Gasteiger partial charge in [-0.15, -0.1) is 0 Å². The molecule has 0 bridgehead atoms. The number of nitrogens with one attached hydrogen (secondary N) is 2. The Hall–Kier alpha value is -3.08. The molecule has 2 aromatic carbocycles. The number of nitrogens with zero attached hydrogens (tertiary/aromatic N) is 2. The zero-order chi connectivity index (χ0) is 18.5. The summed E-state index contributed by atoms with van der Waals surface area (Å²) < 4.78 is 5.18. The molecule has 0 saturated carbocycles. The van der Waals surface area contributed by atoms with E-state index in [4.69, 9.17) is 4.74 Å². The van der Waals surface area contributed by atoms with Gasteiger partial charge in [0.25, 0.3) is 0 Å². The topological polar surface area (TPSA) is 59.1 Å². The van der Waals surface area contributed by atoms with Crippen molar-refractivity contribution >= 4 is 23.1 Å². The summed E-state index contributed by atoms with van der Waals surface area (Å²) in [5, 5.41) is 6.57. The highest BCUT2D eigenvalue weighted by Gasteiger charge is 2.05. The third kappa shape index (κ3) is 4.51. The highest BCUT2D eigenvalue weighted by atomic mass is 16.5. The van der Waals surface area contributed by atoms with Crippen LogP contribution >= 0.6 is 0 Å². The van der Waals surface area contributed by atoms with Gasteiger partial charge in [-0.1, -0.05) is 26.0 Å². The smallest absolute Gasteiger partial charge is 0.229 e. The standard InChI is InChI=1S/C21H24N4O/c1-14(2)16-5-7-17(8-6-16)23-20-13-15(3)22-21(25-20)24-18-9-11-19(26-4)12-10-18/h5-14H,1-4H3,(H2,22,23,24,25). The molecule has 0 saturated heterocycles. The van der Waals surface area contributed by atoms with E-state index in [1.807, 2.05) is 37.3 Å². The first-order valence-corrected chi connectivity index (χ1v) is 8.67. The molecule has 0 fully saturated rings. The zero-order valence-corrected chi connectivity index (χ0v) is 15.6. The quantitative estimate of drug-likeness (QED) is 0.624. The molecule has 5 heteroatoms. The molecular formula is C21H24N4O. The summed E-state index contributed by atoms with van der Waals surface area (Å²) >= 11 is 0. The highest BCUT2D eigenvalue weighted by molar-refractivity contribution is 5.60. The minimum atomic E-state index is 0.519. The molecule has 0 aliphatic carbocycles. The number of ether oxygens (including phenoxy) is 1. The molecule has 0 spiro atoms.